The molecule has 0 bridgehead atoms. The summed E-state index contributed by atoms with van der Waals surface area (Å²) in [6.45, 7) is 2.06. The van der Waals surface area contributed by atoms with E-state index in [1.165, 1.54) is 0 Å². The summed E-state index contributed by atoms with van der Waals surface area (Å²) in [6.07, 6.45) is 2.16. The van der Waals surface area contributed by atoms with E-state index < -0.39 is 0 Å². The highest BCUT2D eigenvalue weighted by Gasteiger charge is 2.19. The molecule has 0 atom stereocenters. The molecule has 0 aliphatic carbocycles. The molecule has 132 valence electrons. The van der Waals surface area contributed by atoms with E-state index in [1.807, 2.05) is 12.1 Å². The lowest BCUT2D eigenvalue weighted by Crippen LogP contribution is -2.35. The summed E-state index contributed by atoms with van der Waals surface area (Å²) < 4.78 is 6.04. The predicted octanol–water partition coefficient (Wildman–Crippen LogP) is 3.39. The number of benzene rings is 2. The van der Waals surface area contributed by atoms with Gasteiger partial charge >= 0.3 is 0 Å². The smallest absolute Gasteiger partial charge is 0.138 e. The van der Waals surface area contributed by atoms with Crippen LogP contribution in [0.5, 0.6) is 5.75 Å². The summed E-state index contributed by atoms with van der Waals surface area (Å²) in [5.74, 6) is 0.660. The third-order valence-corrected chi connectivity index (χ3v) is 4.82. The van der Waals surface area contributed by atoms with E-state index in [0.29, 0.717) is 33.3 Å². The van der Waals surface area contributed by atoms with Crippen molar-refractivity contribution in [2.24, 2.45) is 0 Å². The fourth-order valence-electron chi connectivity index (χ4n) is 2.98. The number of halogens is 1. The molecule has 2 aromatic rings. The summed E-state index contributed by atoms with van der Waals surface area (Å²) in [4.78, 5) is 2.29. The summed E-state index contributed by atoms with van der Waals surface area (Å²) >= 11 is 6.39. The van der Waals surface area contributed by atoms with E-state index in [9.17, 15) is 0 Å². The van der Waals surface area contributed by atoms with Crippen molar-refractivity contribution < 1.29 is 4.74 Å². The van der Waals surface area contributed by atoms with Crippen molar-refractivity contribution in [3.05, 3.63) is 52.5 Å². The van der Waals surface area contributed by atoms with Gasteiger partial charge in [-0.2, -0.15) is 0 Å². The first kappa shape index (κ1) is 17.6. The third kappa shape index (κ3) is 4.06. The Hall–Kier alpha value is -2.24. The van der Waals surface area contributed by atoms with Crippen LogP contribution < -0.4 is 16.2 Å². The lowest BCUT2D eigenvalue weighted by Gasteiger charge is -2.29. The minimum Gasteiger partial charge on any atom is -0.489 e. The normalized spacial score (nSPS) is 15.9. The van der Waals surface area contributed by atoms with Gasteiger partial charge in [0, 0.05) is 35.6 Å². The van der Waals surface area contributed by atoms with Crippen LogP contribution >= 0.6 is 11.6 Å². The van der Waals surface area contributed by atoms with Crippen LogP contribution in [0.4, 0.5) is 11.4 Å². The number of likely N-dealkylation sites (tertiary alicyclic amines) is 1. The molecule has 0 saturated carbocycles. The second-order valence-corrected chi connectivity index (χ2v) is 6.89. The van der Waals surface area contributed by atoms with Gasteiger partial charge in [0.15, 0.2) is 0 Å². The molecule has 0 unspecified atom stereocenters. The Bertz CT molecular complexity index is 785. The summed E-state index contributed by atoms with van der Waals surface area (Å²) in [5.41, 5.74) is 14.4. The minimum atomic E-state index is 0.184. The molecule has 0 spiro atoms. The molecule has 0 amide bonds. The topological polar surface area (TPSA) is 88.4 Å². The number of rotatable bonds is 4. The number of nitrogen functional groups attached to an aromatic ring is 2. The fourth-order valence-corrected chi connectivity index (χ4v) is 3.21. The summed E-state index contributed by atoms with van der Waals surface area (Å²) in [7, 11) is 2.12. The molecular weight excluding hydrogens is 336 g/mol. The van der Waals surface area contributed by atoms with E-state index in [4.69, 9.17) is 33.2 Å². The zero-order valence-electron chi connectivity index (χ0n) is 14.3. The maximum absolute atomic E-state index is 8.41. The Kier molecular flexibility index (Phi) is 5.16. The minimum absolute atomic E-state index is 0.184. The van der Waals surface area contributed by atoms with Gasteiger partial charge in [0.05, 0.1) is 10.7 Å². The summed E-state index contributed by atoms with van der Waals surface area (Å²) in [5, 5.41) is 8.91. The van der Waals surface area contributed by atoms with Gasteiger partial charge in [-0.25, -0.2) is 0 Å². The van der Waals surface area contributed by atoms with E-state index in [-0.39, 0.29) is 11.8 Å². The number of nitrogens with one attached hydrogen (secondary N) is 1. The molecule has 25 heavy (non-hydrogen) atoms. The number of nitrogens with two attached hydrogens (primary N) is 2. The Morgan fingerprint density at radius 1 is 1.16 bits per heavy atom. The molecule has 3 rings (SSSR count). The van der Waals surface area contributed by atoms with Crippen LogP contribution in [0, 0.1) is 5.41 Å². The van der Waals surface area contributed by atoms with Gasteiger partial charge < -0.3 is 21.1 Å². The zero-order chi connectivity index (χ0) is 18.0. The van der Waals surface area contributed by atoms with Crippen molar-refractivity contribution in [1.82, 2.24) is 4.90 Å². The first-order valence-electron chi connectivity index (χ1n) is 8.33. The Morgan fingerprint density at radius 2 is 1.88 bits per heavy atom. The van der Waals surface area contributed by atoms with Crippen LogP contribution in [0.1, 0.15) is 24.0 Å². The highest BCUT2D eigenvalue weighted by molar-refractivity contribution is 6.32. The number of hydrogen-bond acceptors (Lipinski definition) is 5. The van der Waals surface area contributed by atoms with Gasteiger partial charge in [-0.3, -0.25) is 5.41 Å². The molecule has 5 N–H and O–H groups in total. The van der Waals surface area contributed by atoms with Crippen LogP contribution in [0.3, 0.4) is 0 Å². The predicted molar refractivity (Wildman–Crippen MR) is 104 cm³/mol. The van der Waals surface area contributed by atoms with Crippen molar-refractivity contribution in [2.45, 2.75) is 18.9 Å². The number of ether oxygens (including phenoxy) is 1. The van der Waals surface area contributed by atoms with Gasteiger partial charge in [-0.1, -0.05) is 11.6 Å². The first-order chi connectivity index (χ1) is 11.9. The lowest BCUT2D eigenvalue weighted by molar-refractivity contribution is 0.114. The molecule has 1 fully saturated rings. The van der Waals surface area contributed by atoms with Crippen molar-refractivity contribution >= 4 is 28.7 Å². The van der Waals surface area contributed by atoms with Crippen molar-refractivity contribution in [3.8, 4) is 5.75 Å². The van der Waals surface area contributed by atoms with E-state index in [2.05, 4.69) is 11.9 Å². The second-order valence-electron chi connectivity index (χ2n) is 6.49. The standard InChI is InChI=1S/C19H23ClN4O/c1-24-8-6-14(7-9-24)25-18-5-2-12(10-16(18)20)19(23)15-11-13(21)3-4-17(15)22/h2-5,10-11,14,23H,6-9,21-22H2,1H3. The quantitative estimate of drug-likeness (QED) is 0.577. The van der Waals surface area contributed by atoms with Crippen LogP contribution in [0.25, 0.3) is 0 Å². The molecule has 1 saturated heterocycles. The van der Waals surface area contributed by atoms with Crippen molar-refractivity contribution in [3.63, 3.8) is 0 Å². The first-order valence-corrected chi connectivity index (χ1v) is 8.71. The average Bonchev–Trinajstić information content (AvgIpc) is 2.60. The van der Waals surface area contributed by atoms with Gasteiger partial charge in [0.2, 0.25) is 0 Å². The molecular formula is C19H23ClN4O. The monoisotopic (exact) mass is 358 g/mol. The molecule has 0 radical (unpaired) electrons. The number of nitrogens with zero attached hydrogens (tertiary/aromatic N) is 1. The lowest BCUT2D eigenvalue weighted by atomic mass is 10.00. The molecule has 5 nitrogen and oxygen atoms in total. The van der Waals surface area contributed by atoms with Crippen LogP contribution in [0.2, 0.25) is 5.02 Å². The van der Waals surface area contributed by atoms with Crippen LogP contribution in [-0.4, -0.2) is 36.9 Å². The van der Waals surface area contributed by atoms with Gasteiger partial charge in [0.25, 0.3) is 0 Å². The maximum Gasteiger partial charge on any atom is 0.138 e. The van der Waals surface area contributed by atoms with Crippen LogP contribution in [0.15, 0.2) is 36.4 Å². The Morgan fingerprint density at radius 3 is 2.56 bits per heavy atom. The third-order valence-electron chi connectivity index (χ3n) is 4.53. The number of hydrogen-bond donors (Lipinski definition) is 3. The Balaban J connectivity index is 1.77. The molecule has 2 aromatic carbocycles. The molecule has 6 heteroatoms. The van der Waals surface area contributed by atoms with Crippen LogP contribution in [-0.2, 0) is 0 Å². The number of piperidine rings is 1. The SMILES string of the molecule is CN1CCC(Oc2ccc(C(=N)c3cc(N)ccc3N)cc2Cl)CC1. The second kappa shape index (κ2) is 7.33. The van der Waals surface area contributed by atoms with E-state index in [0.717, 1.165) is 25.9 Å². The molecule has 1 heterocycles. The highest BCUT2D eigenvalue weighted by Crippen LogP contribution is 2.30. The fraction of sp³-hybridized carbons (Fsp3) is 0.316. The van der Waals surface area contributed by atoms with Gasteiger partial charge in [-0.15, -0.1) is 0 Å². The Labute approximate surface area is 153 Å². The van der Waals surface area contributed by atoms with E-state index >= 15 is 0 Å². The van der Waals surface area contributed by atoms with E-state index in [1.54, 1.807) is 24.3 Å². The average molecular weight is 359 g/mol. The molecule has 1 aliphatic rings. The largest absolute Gasteiger partial charge is 0.489 e. The number of anilines is 2. The maximum atomic E-state index is 8.41. The summed E-state index contributed by atoms with van der Waals surface area (Å²) in [6, 6.07) is 10.5. The molecule has 1 aliphatic heterocycles. The van der Waals surface area contributed by atoms with Gasteiger partial charge in [-0.05, 0) is 56.3 Å². The molecule has 0 aromatic heterocycles. The van der Waals surface area contributed by atoms with Crippen molar-refractivity contribution in [2.75, 3.05) is 31.6 Å². The zero-order valence-corrected chi connectivity index (χ0v) is 15.0. The van der Waals surface area contributed by atoms with Gasteiger partial charge in [0.1, 0.15) is 11.9 Å². The van der Waals surface area contributed by atoms with Crippen molar-refractivity contribution in [1.29, 1.82) is 5.41 Å². The highest BCUT2D eigenvalue weighted by atomic mass is 35.5.